The van der Waals surface area contributed by atoms with Gasteiger partial charge in [0, 0.05) is 32.3 Å². The molecule has 0 fully saturated rings. The number of nitrogens with zero attached hydrogens (tertiary/aromatic N) is 2. The zero-order valence-electron chi connectivity index (χ0n) is 13.4. The Morgan fingerprint density at radius 1 is 1.30 bits per heavy atom. The van der Waals surface area contributed by atoms with Crippen LogP contribution >= 0.6 is 11.5 Å². The minimum absolute atomic E-state index is 0.0891. The number of aromatic nitrogens is 1. The van der Waals surface area contributed by atoms with Crippen molar-refractivity contribution in [3.05, 3.63) is 36.4 Å². The first-order chi connectivity index (χ1) is 11.0. The van der Waals surface area contributed by atoms with Crippen LogP contribution in [0.2, 0.25) is 0 Å². The molecule has 0 spiro atoms. The van der Waals surface area contributed by atoms with Crippen LogP contribution < -0.4 is 10.6 Å². The lowest BCUT2D eigenvalue weighted by molar-refractivity contribution is -0.124. The topological polar surface area (TPSA) is 74.3 Å². The highest BCUT2D eigenvalue weighted by atomic mass is 32.1. The predicted octanol–water partition coefficient (Wildman–Crippen LogP) is 2.66. The molecule has 2 aromatic rings. The van der Waals surface area contributed by atoms with Crippen molar-refractivity contribution in [3.8, 4) is 11.3 Å². The molecule has 0 bridgehead atoms. The average Bonchev–Trinajstić information content (AvgIpc) is 3.03. The van der Waals surface area contributed by atoms with Crippen molar-refractivity contribution >= 4 is 28.5 Å². The van der Waals surface area contributed by atoms with Crippen LogP contribution in [-0.4, -0.2) is 41.9 Å². The predicted molar refractivity (Wildman–Crippen MR) is 92.4 cm³/mol. The molecule has 0 aliphatic carbocycles. The molecule has 1 aromatic carbocycles. The Morgan fingerprint density at radius 3 is 2.65 bits per heavy atom. The van der Waals surface area contributed by atoms with Gasteiger partial charge in [0.25, 0.3) is 0 Å². The molecule has 0 aliphatic heterocycles. The highest BCUT2D eigenvalue weighted by Crippen LogP contribution is 2.25. The molecule has 2 rings (SSSR count). The van der Waals surface area contributed by atoms with Crippen molar-refractivity contribution in [1.82, 2.24) is 14.6 Å². The molecule has 2 N–H and O–H groups in total. The van der Waals surface area contributed by atoms with E-state index < -0.39 is 0 Å². The van der Waals surface area contributed by atoms with Crippen molar-refractivity contribution in [2.24, 2.45) is 5.92 Å². The molecule has 122 valence electrons. The summed E-state index contributed by atoms with van der Waals surface area (Å²) in [5, 5.41) is 6.05. The van der Waals surface area contributed by atoms with Crippen LogP contribution in [0, 0.1) is 5.92 Å². The molecule has 6 nitrogen and oxygen atoms in total. The van der Waals surface area contributed by atoms with Crippen LogP contribution in [0.25, 0.3) is 11.3 Å². The highest BCUT2D eigenvalue weighted by molar-refractivity contribution is 7.10. The van der Waals surface area contributed by atoms with Gasteiger partial charge in [0.15, 0.2) is 0 Å². The average molecular weight is 332 g/mol. The SMILES string of the molecule is CNC(=O)C(C)CN(C)C(=O)Nc1cc(-c2ccccc2)ns1. The van der Waals surface area contributed by atoms with E-state index in [4.69, 9.17) is 0 Å². The Balaban J connectivity index is 1.95. The number of hydrogen-bond donors (Lipinski definition) is 2. The van der Waals surface area contributed by atoms with Gasteiger partial charge in [-0.25, -0.2) is 4.79 Å². The number of hydrogen-bond acceptors (Lipinski definition) is 4. The Morgan fingerprint density at radius 2 is 2.00 bits per heavy atom. The van der Waals surface area contributed by atoms with Gasteiger partial charge in [0.2, 0.25) is 5.91 Å². The molecule has 1 heterocycles. The highest BCUT2D eigenvalue weighted by Gasteiger charge is 2.18. The van der Waals surface area contributed by atoms with Crippen LogP contribution in [0.15, 0.2) is 36.4 Å². The smallest absolute Gasteiger partial charge is 0.322 e. The van der Waals surface area contributed by atoms with Gasteiger partial charge >= 0.3 is 6.03 Å². The molecular weight excluding hydrogens is 312 g/mol. The quantitative estimate of drug-likeness (QED) is 0.884. The van der Waals surface area contributed by atoms with Gasteiger partial charge in [-0.3, -0.25) is 10.1 Å². The third-order valence-electron chi connectivity index (χ3n) is 3.40. The molecule has 1 unspecified atom stereocenters. The second-order valence-electron chi connectivity index (χ2n) is 5.27. The normalized spacial score (nSPS) is 11.6. The first kappa shape index (κ1) is 17.0. The lowest BCUT2D eigenvalue weighted by Crippen LogP contribution is -2.39. The molecule has 1 aromatic heterocycles. The number of anilines is 1. The van der Waals surface area contributed by atoms with Crippen molar-refractivity contribution in [3.63, 3.8) is 0 Å². The fourth-order valence-corrected chi connectivity index (χ4v) is 2.76. The number of rotatable bonds is 5. The molecule has 0 radical (unpaired) electrons. The summed E-state index contributed by atoms with van der Waals surface area (Å²) in [4.78, 5) is 25.2. The number of amides is 3. The van der Waals surface area contributed by atoms with Crippen molar-refractivity contribution < 1.29 is 9.59 Å². The molecule has 0 saturated heterocycles. The van der Waals surface area contributed by atoms with E-state index in [0.29, 0.717) is 11.5 Å². The molecule has 7 heteroatoms. The summed E-state index contributed by atoms with van der Waals surface area (Å²) in [6.07, 6.45) is 0. The number of benzene rings is 1. The Hall–Kier alpha value is -2.41. The summed E-state index contributed by atoms with van der Waals surface area (Å²) in [5.74, 6) is -0.356. The van der Waals surface area contributed by atoms with Gasteiger partial charge in [-0.2, -0.15) is 4.37 Å². The van der Waals surface area contributed by atoms with Crippen LogP contribution in [0.4, 0.5) is 9.80 Å². The first-order valence-electron chi connectivity index (χ1n) is 7.27. The standard InChI is InChI=1S/C16H20N4O2S/c1-11(15(21)17-2)10-20(3)16(22)18-14-9-13(19-23-14)12-7-5-4-6-8-12/h4-9,11H,10H2,1-3H3,(H,17,21)(H,18,22). The van der Waals surface area contributed by atoms with Crippen molar-refractivity contribution in [2.45, 2.75) is 6.92 Å². The monoisotopic (exact) mass is 332 g/mol. The fraction of sp³-hybridized carbons (Fsp3) is 0.312. The molecule has 1 atom stereocenters. The number of carbonyl (C=O) groups is 2. The van der Waals surface area contributed by atoms with E-state index >= 15 is 0 Å². The molecule has 3 amide bonds. The summed E-state index contributed by atoms with van der Waals surface area (Å²) in [7, 11) is 3.25. The van der Waals surface area contributed by atoms with Crippen LogP contribution in [0.5, 0.6) is 0 Å². The van der Waals surface area contributed by atoms with Gasteiger partial charge in [0.1, 0.15) is 5.00 Å². The third-order valence-corrected chi connectivity index (χ3v) is 4.10. The van der Waals surface area contributed by atoms with E-state index in [0.717, 1.165) is 11.3 Å². The van der Waals surface area contributed by atoms with Gasteiger partial charge in [-0.05, 0) is 11.5 Å². The maximum atomic E-state index is 12.2. The number of nitrogens with one attached hydrogen (secondary N) is 2. The summed E-state index contributed by atoms with van der Waals surface area (Å²) in [6.45, 7) is 2.12. The number of urea groups is 1. The van der Waals surface area contributed by atoms with Gasteiger partial charge in [-0.1, -0.05) is 37.3 Å². The van der Waals surface area contributed by atoms with E-state index in [1.807, 2.05) is 36.4 Å². The maximum Gasteiger partial charge on any atom is 0.322 e. The second-order valence-corrected chi connectivity index (χ2v) is 6.07. The van der Waals surface area contributed by atoms with Crippen LogP contribution in [0.3, 0.4) is 0 Å². The van der Waals surface area contributed by atoms with E-state index in [2.05, 4.69) is 15.0 Å². The Bertz CT molecular complexity index is 672. The molecule has 0 saturated carbocycles. The first-order valence-corrected chi connectivity index (χ1v) is 8.04. The zero-order chi connectivity index (χ0) is 16.8. The summed E-state index contributed by atoms with van der Waals surface area (Å²) in [5.41, 5.74) is 1.83. The van der Waals surface area contributed by atoms with E-state index in [9.17, 15) is 9.59 Å². The van der Waals surface area contributed by atoms with Crippen molar-refractivity contribution in [2.75, 3.05) is 26.0 Å². The van der Waals surface area contributed by atoms with E-state index in [1.54, 1.807) is 21.0 Å². The molecular formula is C16H20N4O2S. The summed E-state index contributed by atoms with van der Waals surface area (Å²) >= 11 is 1.23. The number of carbonyl (C=O) groups excluding carboxylic acids is 2. The van der Waals surface area contributed by atoms with E-state index in [-0.39, 0.29) is 17.9 Å². The Labute approximate surface area is 139 Å². The second kappa shape index (κ2) is 7.73. The third kappa shape index (κ3) is 4.53. The van der Waals surface area contributed by atoms with Gasteiger partial charge in [0.05, 0.1) is 11.6 Å². The lowest BCUT2D eigenvalue weighted by Gasteiger charge is -2.20. The largest absolute Gasteiger partial charge is 0.359 e. The van der Waals surface area contributed by atoms with Gasteiger partial charge in [-0.15, -0.1) is 0 Å². The minimum Gasteiger partial charge on any atom is -0.359 e. The van der Waals surface area contributed by atoms with Crippen LogP contribution in [0.1, 0.15) is 6.92 Å². The fourth-order valence-electron chi connectivity index (χ4n) is 2.10. The van der Waals surface area contributed by atoms with Crippen LogP contribution in [-0.2, 0) is 4.79 Å². The maximum absolute atomic E-state index is 12.2. The van der Waals surface area contributed by atoms with Gasteiger partial charge < -0.3 is 10.2 Å². The summed E-state index contributed by atoms with van der Waals surface area (Å²) in [6, 6.07) is 11.4. The molecule has 0 aliphatic rings. The zero-order valence-corrected chi connectivity index (χ0v) is 14.2. The lowest BCUT2D eigenvalue weighted by atomic mass is 10.1. The van der Waals surface area contributed by atoms with Crippen molar-refractivity contribution in [1.29, 1.82) is 0 Å². The molecule has 23 heavy (non-hydrogen) atoms. The van der Waals surface area contributed by atoms with E-state index in [1.165, 1.54) is 16.4 Å². The Kier molecular flexibility index (Phi) is 5.70. The minimum atomic E-state index is -0.267. The summed E-state index contributed by atoms with van der Waals surface area (Å²) < 4.78 is 4.35.